The Morgan fingerprint density at radius 2 is 1.97 bits per heavy atom. The average Bonchev–Trinajstić information content (AvgIpc) is 3.34. The minimum Gasteiger partial charge on any atom is -0.497 e. The minimum atomic E-state index is -0.00969. The molecule has 3 heterocycles. The van der Waals surface area contributed by atoms with Gasteiger partial charge in [-0.1, -0.05) is 6.92 Å². The molecule has 1 aliphatic heterocycles. The summed E-state index contributed by atoms with van der Waals surface area (Å²) >= 11 is 1.56. The number of benzene rings is 1. The van der Waals surface area contributed by atoms with Crippen LogP contribution >= 0.6 is 11.3 Å². The Labute approximate surface area is 193 Å². The number of hydrogen-bond acceptors (Lipinski definition) is 6. The van der Waals surface area contributed by atoms with E-state index in [0.29, 0.717) is 17.1 Å². The summed E-state index contributed by atoms with van der Waals surface area (Å²) in [5.74, 6) is 1.25. The maximum atomic E-state index is 13.5. The maximum Gasteiger partial charge on any atom is 0.206 e. The molecule has 3 aromatic rings. The van der Waals surface area contributed by atoms with Crippen LogP contribution in [-0.4, -0.2) is 61.3 Å². The zero-order chi connectivity index (χ0) is 22.7. The monoisotopic (exact) mass is 456 g/mol. The first-order chi connectivity index (χ1) is 15.5. The van der Waals surface area contributed by atoms with Crippen molar-refractivity contribution < 1.29 is 19.0 Å². The second-order valence-electron chi connectivity index (χ2n) is 8.29. The van der Waals surface area contributed by atoms with Crippen molar-refractivity contribution in [3.63, 3.8) is 0 Å². The highest BCUT2D eigenvalue weighted by molar-refractivity contribution is 7.20. The van der Waals surface area contributed by atoms with Crippen molar-refractivity contribution in [1.82, 2.24) is 9.47 Å². The van der Waals surface area contributed by atoms with E-state index in [1.54, 1.807) is 30.6 Å². The number of nitrogens with zero attached hydrogens (tertiary/aromatic N) is 2. The number of methoxy groups -OCH3 is 1. The molecule has 1 saturated heterocycles. The van der Waals surface area contributed by atoms with Crippen molar-refractivity contribution in [2.24, 2.45) is 0 Å². The molecule has 7 heteroatoms. The highest BCUT2D eigenvalue weighted by atomic mass is 32.1. The van der Waals surface area contributed by atoms with Crippen LogP contribution in [0, 0.1) is 6.92 Å². The summed E-state index contributed by atoms with van der Waals surface area (Å²) in [5, 5.41) is 1.12. The van der Waals surface area contributed by atoms with Crippen LogP contribution in [0.3, 0.4) is 0 Å². The van der Waals surface area contributed by atoms with Gasteiger partial charge in [-0.05, 0) is 44.5 Å². The molecule has 0 spiro atoms. The molecule has 1 aromatic carbocycles. The number of rotatable bonds is 9. The van der Waals surface area contributed by atoms with E-state index >= 15 is 0 Å². The summed E-state index contributed by atoms with van der Waals surface area (Å²) in [4.78, 5) is 17.8. The van der Waals surface area contributed by atoms with Gasteiger partial charge in [0.15, 0.2) is 0 Å². The van der Waals surface area contributed by atoms with Gasteiger partial charge in [-0.15, -0.1) is 11.3 Å². The van der Waals surface area contributed by atoms with Gasteiger partial charge in [0.1, 0.15) is 16.3 Å². The van der Waals surface area contributed by atoms with E-state index in [-0.39, 0.29) is 11.9 Å². The van der Waals surface area contributed by atoms with Gasteiger partial charge < -0.3 is 18.8 Å². The number of ether oxygens (including phenoxy) is 3. The summed E-state index contributed by atoms with van der Waals surface area (Å²) in [6.07, 6.45) is 0.878. The molecule has 32 heavy (non-hydrogen) atoms. The SMILES string of the molecule is CCC(C)Oc1cc(OC)ccc1C(=O)c1cc2cc(C)n(CCN3CCOCC3)c2s1. The molecule has 172 valence electrons. The Balaban J connectivity index is 1.60. The molecular weight excluding hydrogens is 424 g/mol. The van der Waals surface area contributed by atoms with E-state index in [2.05, 4.69) is 29.4 Å². The van der Waals surface area contributed by atoms with E-state index in [1.807, 2.05) is 19.1 Å². The van der Waals surface area contributed by atoms with E-state index in [4.69, 9.17) is 14.2 Å². The molecule has 1 atom stereocenters. The second kappa shape index (κ2) is 10.1. The van der Waals surface area contributed by atoms with Gasteiger partial charge in [0.2, 0.25) is 5.78 Å². The standard InChI is InChI=1S/C25H32N2O4S/c1-5-18(3)31-22-16-20(29-4)6-7-21(22)24(28)23-15-19-14-17(2)27(25(19)32-23)9-8-26-10-12-30-13-11-26/h6-7,14-16,18H,5,8-13H2,1-4H3. The molecule has 2 aromatic heterocycles. The molecule has 1 aliphatic rings. The molecular formula is C25H32N2O4S. The van der Waals surface area contributed by atoms with Gasteiger partial charge in [0.25, 0.3) is 0 Å². The first kappa shape index (κ1) is 22.8. The van der Waals surface area contributed by atoms with Crippen molar-refractivity contribution in [3.05, 3.63) is 46.5 Å². The molecule has 0 amide bonds. The van der Waals surface area contributed by atoms with Crippen LogP contribution in [0.1, 0.15) is 41.2 Å². The van der Waals surface area contributed by atoms with Gasteiger partial charge in [-0.3, -0.25) is 9.69 Å². The Bertz CT molecular complexity index is 1080. The fourth-order valence-corrected chi connectivity index (χ4v) is 5.15. The Hall–Kier alpha value is -2.35. The van der Waals surface area contributed by atoms with Crippen LogP contribution in [0.25, 0.3) is 10.2 Å². The summed E-state index contributed by atoms with van der Waals surface area (Å²) in [6.45, 7) is 11.7. The average molecular weight is 457 g/mol. The molecule has 0 bridgehead atoms. The fourth-order valence-electron chi connectivity index (χ4n) is 3.98. The van der Waals surface area contributed by atoms with Crippen molar-refractivity contribution in [2.45, 2.75) is 39.8 Å². The lowest BCUT2D eigenvalue weighted by molar-refractivity contribution is 0.0365. The number of hydrogen-bond donors (Lipinski definition) is 0. The van der Waals surface area contributed by atoms with Crippen LogP contribution in [0.5, 0.6) is 11.5 Å². The van der Waals surface area contributed by atoms with Crippen LogP contribution in [0.15, 0.2) is 30.3 Å². The number of fused-ring (bicyclic) bond motifs is 1. The van der Waals surface area contributed by atoms with E-state index in [1.165, 1.54) is 5.69 Å². The number of aromatic nitrogens is 1. The molecule has 4 rings (SSSR count). The van der Waals surface area contributed by atoms with Gasteiger partial charge in [0, 0.05) is 43.3 Å². The molecule has 1 unspecified atom stereocenters. The van der Waals surface area contributed by atoms with Crippen molar-refractivity contribution >= 4 is 27.3 Å². The number of carbonyl (C=O) groups is 1. The van der Waals surface area contributed by atoms with Crippen LogP contribution in [-0.2, 0) is 11.3 Å². The lowest BCUT2D eigenvalue weighted by atomic mass is 10.1. The number of thiophene rings is 1. The number of aryl methyl sites for hydroxylation is 1. The predicted octanol–water partition coefficient (Wildman–Crippen LogP) is 4.76. The highest BCUT2D eigenvalue weighted by Crippen LogP contribution is 2.34. The van der Waals surface area contributed by atoms with Gasteiger partial charge in [-0.25, -0.2) is 0 Å². The zero-order valence-electron chi connectivity index (χ0n) is 19.3. The molecule has 0 aliphatic carbocycles. The van der Waals surface area contributed by atoms with E-state index in [0.717, 1.165) is 60.9 Å². The molecule has 0 saturated carbocycles. The zero-order valence-corrected chi connectivity index (χ0v) is 20.2. The number of ketones is 1. The summed E-state index contributed by atoms with van der Waals surface area (Å²) < 4.78 is 19.2. The Morgan fingerprint density at radius 3 is 2.69 bits per heavy atom. The largest absolute Gasteiger partial charge is 0.497 e. The molecule has 6 nitrogen and oxygen atoms in total. The summed E-state index contributed by atoms with van der Waals surface area (Å²) in [6, 6.07) is 9.61. The third kappa shape index (κ3) is 4.85. The van der Waals surface area contributed by atoms with Gasteiger partial charge >= 0.3 is 0 Å². The fraction of sp³-hybridized carbons (Fsp3) is 0.480. The van der Waals surface area contributed by atoms with Crippen LogP contribution in [0.4, 0.5) is 0 Å². The molecule has 1 fully saturated rings. The first-order valence-electron chi connectivity index (χ1n) is 11.3. The van der Waals surface area contributed by atoms with Crippen molar-refractivity contribution in [2.75, 3.05) is 40.0 Å². The van der Waals surface area contributed by atoms with Gasteiger partial charge in [-0.2, -0.15) is 0 Å². The van der Waals surface area contributed by atoms with Crippen molar-refractivity contribution in [1.29, 1.82) is 0 Å². The third-order valence-corrected chi connectivity index (χ3v) is 7.25. The molecule has 0 N–H and O–H groups in total. The maximum absolute atomic E-state index is 13.5. The summed E-state index contributed by atoms with van der Waals surface area (Å²) in [5.41, 5.74) is 1.80. The number of morpholine rings is 1. The lowest BCUT2D eigenvalue weighted by Crippen LogP contribution is -2.38. The topological polar surface area (TPSA) is 52.9 Å². The smallest absolute Gasteiger partial charge is 0.206 e. The van der Waals surface area contributed by atoms with E-state index in [9.17, 15) is 4.79 Å². The third-order valence-electron chi connectivity index (χ3n) is 6.08. The normalized spacial score (nSPS) is 15.8. The van der Waals surface area contributed by atoms with Gasteiger partial charge in [0.05, 0.1) is 36.9 Å². The van der Waals surface area contributed by atoms with Crippen LogP contribution in [0.2, 0.25) is 0 Å². The Kier molecular flexibility index (Phi) is 7.18. The molecule has 0 radical (unpaired) electrons. The minimum absolute atomic E-state index is 0.00969. The summed E-state index contributed by atoms with van der Waals surface area (Å²) in [7, 11) is 1.62. The van der Waals surface area contributed by atoms with Crippen LogP contribution < -0.4 is 9.47 Å². The highest BCUT2D eigenvalue weighted by Gasteiger charge is 2.21. The first-order valence-corrected chi connectivity index (χ1v) is 12.1. The number of carbonyl (C=O) groups excluding carboxylic acids is 1. The Morgan fingerprint density at radius 1 is 1.19 bits per heavy atom. The van der Waals surface area contributed by atoms with Crippen molar-refractivity contribution in [3.8, 4) is 11.5 Å². The quantitative estimate of drug-likeness (QED) is 0.435. The second-order valence-corrected chi connectivity index (χ2v) is 9.32. The predicted molar refractivity (Wildman–Crippen MR) is 129 cm³/mol. The lowest BCUT2D eigenvalue weighted by Gasteiger charge is -2.26. The van der Waals surface area contributed by atoms with E-state index < -0.39 is 0 Å².